The van der Waals surface area contributed by atoms with E-state index in [9.17, 15) is 5.11 Å². The predicted octanol–water partition coefficient (Wildman–Crippen LogP) is 0.942. The van der Waals surface area contributed by atoms with Crippen molar-refractivity contribution in [2.24, 2.45) is 17.6 Å². The highest BCUT2D eigenvalue weighted by Crippen LogP contribution is 2.27. The Balaban J connectivity index is 1.91. The molecular formula is C12H22N2O. The van der Waals surface area contributed by atoms with Gasteiger partial charge in [-0.3, -0.25) is 4.90 Å². The summed E-state index contributed by atoms with van der Waals surface area (Å²) in [6, 6.07) is 0. The van der Waals surface area contributed by atoms with Crippen molar-refractivity contribution in [2.45, 2.75) is 31.9 Å². The van der Waals surface area contributed by atoms with Crippen molar-refractivity contribution >= 4 is 0 Å². The van der Waals surface area contributed by atoms with Crippen LogP contribution in [0.2, 0.25) is 0 Å². The molecule has 0 unspecified atom stereocenters. The van der Waals surface area contributed by atoms with E-state index in [0.717, 1.165) is 32.5 Å². The van der Waals surface area contributed by atoms with Crippen molar-refractivity contribution in [1.29, 1.82) is 0 Å². The number of aliphatic hydroxyl groups is 1. The molecule has 15 heavy (non-hydrogen) atoms. The Bertz CT molecular complexity index is 230. The summed E-state index contributed by atoms with van der Waals surface area (Å²) >= 11 is 0. The average Bonchev–Trinajstić information content (AvgIpc) is 2.65. The molecule has 1 aliphatic heterocycles. The fraction of sp³-hybridized carbons (Fsp3) is 0.833. The van der Waals surface area contributed by atoms with Crippen LogP contribution in [0.5, 0.6) is 0 Å². The zero-order valence-electron chi connectivity index (χ0n) is 9.31. The minimum absolute atomic E-state index is 0.209. The van der Waals surface area contributed by atoms with Crippen LogP contribution in [0.3, 0.4) is 0 Å². The van der Waals surface area contributed by atoms with Gasteiger partial charge < -0.3 is 10.8 Å². The van der Waals surface area contributed by atoms with Crippen molar-refractivity contribution in [3.05, 3.63) is 12.2 Å². The van der Waals surface area contributed by atoms with Crippen molar-refractivity contribution in [1.82, 2.24) is 4.90 Å². The lowest BCUT2D eigenvalue weighted by atomic mass is 9.83. The highest BCUT2D eigenvalue weighted by Gasteiger charge is 2.28. The number of rotatable bonds is 3. The second-order valence-corrected chi connectivity index (χ2v) is 4.78. The summed E-state index contributed by atoms with van der Waals surface area (Å²) < 4.78 is 0. The number of allylic oxidation sites excluding steroid dienone is 1. The van der Waals surface area contributed by atoms with Gasteiger partial charge in [0.25, 0.3) is 0 Å². The molecule has 3 heteroatoms. The van der Waals surface area contributed by atoms with Gasteiger partial charge in [-0.1, -0.05) is 12.2 Å². The molecule has 2 rings (SSSR count). The number of hydrogen-bond donors (Lipinski definition) is 2. The SMILES string of the molecule is NC[C@@H]1CCC=C[C@H]1CN1CCC[C@@H]1O. The molecule has 0 amide bonds. The molecule has 0 aromatic carbocycles. The van der Waals surface area contributed by atoms with E-state index in [2.05, 4.69) is 17.1 Å². The van der Waals surface area contributed by atoms with Gasteiger partial charge in [0.2, 0.25) is 0 Å². The minimum Gasteiger partial charge on any atom is -0.378 e. The Hall–Kier alpha value is -0.380. The predicted molar refractivity (Wildman–Crippen MR) is 61.2 cm³/mol. The monoisotopic (exact) mass is 210 g/mol. The topological polar surface area (TPSA) is 49.5 Å². The lowest BCUT2D eigenvalue weighted by molar-refractivity contribution is 0.0260. The summed E-state index contributed by atoms with van der Waals surface area (Å²) in [4.78, 5) is 2.20. The van der Waals surface area contributed by atoms with E-state index in [0.29, 0.717) is 11.8 Å². The van der Waals surface area contributed by atoms with E-state index >= 15 is 0 Å². The summed E-state index contributed by atoms with van der Waals surface area (Å²) in [7, 11) is 0. The fourth-order valence-electron chi connectivity index (χ4n) is 2.75. The van der Waals surface area contributed by atoms with Crippen molar-refractivity contribution in [3.63, 3.8) is 0 Å². The van der Waals surface area contributed by atoms with Crippen LogP contribution in [0.1, 0.15) is 25.7 Å². The normalized spacial score (nSPS) is 37.3. The lowest BCUT2D eigenvalue weighted by Gasteiger charge is -2.31. The van der Waals surface area contributed by atoms with Crippen LogP contribution in [0.4, 0.5) is 0 Å². The van der Waals surface area contributed by atoms with Crippen LogP contribution >= 0.6 is 0 Å². The first-order valence-corrected chi connectivity index (χ1v) is 6.10. The smallest absolute Gasteiger partial charge is 0.107 e. The molecule has 0 spiro atoms. The summed E-state index contributed by atoms with van der Waals surface area (Å²) in [6.45, 7) is 2.81. The molecule has 0 radical (unpaired) electrons. The standard InChI is InChI=1S/C12H22N2O/c13-8-10-4-1-2-5-11(10)9-14-7-3-6-12(14)15/h2,5,10-12,15H,1,3-4,6-9,13H2/t10-,11-,12-/m0/s1. The third-order valence-corrected chi connectivity index (χ3v) is 3.77. The van der Waals surface area contributed by atoms with Gasteiger partial charge >= 0.3 is 0 Å². The molecule has 0 bridgehead atoms. The second kappa shape index (κ2) is 5.10. The van der Waals surface area contributed by atoms with E-state index in [1.807, 2.05) is 0 Å². The third kappa shape index (κ3) is 2.60. The largest absolute Gasteiger partial charge is 0.378 e. The number of nitrogens with two attached hydrogens (primary N) is 1. The van der Waals surface area contributed by atoms with E-state index < -0.39 is 0 Å². The molecule has 3 nitrogen and oxygen atoms in total. The molecule has 1 fully saturated rings. The molecule has 3 atom stereocenters. The highest BCUT2D eigenvalue weighted by molar-refractivity contribution is 4.99. The summed E-state index contributed by atoms with van der Waals surface area (Å²) in [6.07, 6.45) is 8.79. The zero-order chi connectivity index (χ0) is 10.7. The molecule has 0 saturated carbocycles. The first kappa shape index (κ1) is 11.1. The molecule has 3 N–H and O–H groups in total. The number of aliphatic hydroxyl groups excluding tert-OH is 1. The number of likely N-dealkylation sites (tertiary alicyclic amines) is 1. The Morgan fingerprint density at radius 3 is 2.93 bits per heavy atom. The summed E-state index contributed by atoms with van der Waals surface area (Å²) in [5.41, 5.74) is 5.79. The van der Waals surface area contributed by atoms with Crippen molar-refractivity contribution in [2.75, 3.05) is 19.6 Å². The Morgan fingerprint density at radius 1 is 1.40 bits per heavy atom. The molecule has 1 heterocycles. The van der Waals surface area contributed by atoms with Gasteiger partial charge in [-0.15, -0.1) is 0 Å². The minimum atomic E-state index is -0.209. The average molecular weight is 210 g/mol. The summed E-state index contributed by atoms with van der Waals surface area (Å²) in [5.74, 6) is 1.17. The van der Waals surface area contributed by atoms with Gasteiger partial charge in [-0.25, -0.2) is 0 Å². The molecule has 2 aliphatic rings. The maximum Gasteiger partial charge on any atom is 0.107 e. The third-order valence-electron chi connectivity index (χ3n) is 3.77. The molecule has 0 aromatic rings. The van der Waals surface area contributed by atoms with Gasteiger partial charge in [0.05, 0.1) is 0 Å². The highest BCUT2D eigenvalue weighted by atomic mass is 16.3. The quantitative estimate of drug-likeness (QED) is 0.682. The van der Waals surface area contributed by atoms with E-state index in [1.165, 1.54) is 12.8 Å². The van der Waals surface area contributed by atoms with E-state index in [1.54, 1.807) is 0 Å². The Morgan fingerprint density at radius 2 is 2.27 bits per heavy atom. The van der Waals surface area contributed by atoms with E-state index in [-0.39, 0.29) is 6.23 Å². The van der Waals surface area contributed by atoms with Crippen molar-refractivity contribution < 1.29 is 5.11 Å². The first-order valence-electron chi connectivity index (χ1n) is 6.10. The van der Waals surface area contributed by atoms with Crippen LogP contribution in [0.15, 0.2) is 12.2 Å². The van der Waals surface area contributed by atoms with Gasteiger partial charge in [0.1, 0.15) is 6.23 Å². The Kier molecular flexibility index (Phi) is 3.78. The maximum absolute atomic E-state index is 9.75. The summed E-state index contributed by atoms with van der Waals surface area (Å²) in [5, 5.41) is 9.75. The maximum atomic E-state index is 9.75. The van der Waals surface area contributed by atoms with Crippen LogP contribution in [0, 0.1) is 11.8 Å². The lowest BCUT2D eigenvalue weighted by Crippen LogP contribution is -2.38. The van der Waals surface area contributed by atoms with Crippen LogP contribution in [-0.2, 0) is 0 Å². The molecule has 0 aromatic heterocycles. The second-order valence-electron chi connectivity index (χ2n) is 4.78. The van der Waals surface area contributed by atoms with Crippen molar-refractivity contribution in [3.8, 4) is 0 Å². The van der Waals surface area contributed by atoms with Crippen LogP contribution < -0.4 is 5.73 Å². The molecule has 86 valence electrons. The fourth-order valence-corrected chi connectivity index (χ4v) is 2.75. The zero-order valence-corrected chi connectivity index (χ0v) is 9.31. The van der Waals surface area contributed by atoms with Crippen LogP contribution in [0.25, 0.3) is 0 Å². The molecule has 1 saturated heterocycles. The van der Waals surface area contributed by atoms with Gasteiger partial charge in [0, 0.05) is 13.1 Å². The molecule has 1 aliphatic carbocycles. The molecular weight excluding hydrogens is 188 g/mol. The van der Waals surface area contributed by atoms with Gasteiger partial charge in [-0.05, 0) is 44.1 Å². The Labute approximate surface area is 91.9 Å². The number of hydrogen-bond acceptors (Lipinski definition) is 3. The first-order chi connectivity index (χ1) is 7.31. The van der Waals surface area contributed by atoms with Crippen LogP contribution in [-0.4, -0.2) is 35.9 Å². The number of nitrogens with zero attached hydrogens (tertiary/aromatic N) is 1. The van der Waals surface area contributed by atoms with Gasteiger partial charge in [-0.2, -0.15) is 0 Å². The van der Waals surface area contributed by atoms with Gasteiger partial charge in [0.15, 0.2) is 0 Å². The van der Waals surface area contributed by atoms with E-state index in [4.69, 9.17) is 5.73 Å².